The number of hydrogen-bond donors (Lipinski definition) is 1. The third-order valence-corrected chi connectivity index (χ3v) is 6.17. The summed E-state index contributed by atoms with van der Waals surface area (Å²) < 4.78 is 0.510. The second-order valence-corrected chi connectivity index (χ2v) is 8.33. The van der Waals surface area contributed by atoms with Crippen LogP contribution in [0.1, 0.15) is 42.9 Å². The summed E-state index contributed by atoms with van der Waals surface area (Å²) in [6.45, 7) is 0.326. The normalized spacial score (nSPS) is 18.6. The molecule has 0 bridgehead atoms. The van der Waals surface area contributed by atoms with Crippen LogP contribution in [0.3, 0.4) is 0 Å². The number of amides is 1. The second kappa shape index (κ2) is 8.01. The van der Waals surface area contributed by atoms with Crippen molar-refractivity contribution in [1.29, 1.82) is 0 Å². The molecular formula is C21H22BrN3O3. The van der Waals surface area contributed by atoms with Crippen LogP contribution < -0.4 is 5.32 Å². The van der Waals surface area contributed by atoms with Crippen molar-refractivity contribution in [1.82, 2.24) is 4.90 Å². The lowest BCUT2D eigenvalue weighted by Gasteiger charge is -2.35. The monoisotopic (exact) mass is 443 g/mol. The van der Waals surface area contributed by atoms with Crippen LogP contribution in [-0.2, 0) is 11.2 Å². The number of non-ortho nitro benzene ring substituents is 1. The van der Waals surface area contributed by atoms with Gasteiger partial charge in [0.1, 0.15) is 0 Å². The Bertz CT molecular complexity index is 914. The van der Waals surface area contributed by atoms with Crippen LogP contribution >= 0.6 is 15.9 Å². The molecule has 0 aliphatic heterocycles. The number of carbonyl (C=O) groups excluding carboxylic acids is 1. The summed E-state index contributed by atoms with van der Waals surface area (Å²) in [5.41, 5.74) is 3.28. The molecule has 1 fully saturated rings. The highest BCUT2D eigenvalue weighted by Gasteiger charge is 2.37. The van der Waals surface area contributed by atoms with Gasteiger partial charge in [-0.15, -0.1) is 0 Å². The number of aryl methyl sites for hydroxylation is 1. The number of fused-ring (bicyclic) bond motifs is 1. The molecular weight excluding hydrogens is 422 g/mol. The lowest BCUT2D eigenvalue weighted by atomic mass is 9.86. The summed E-state index contributed by atoms with van der Waals surface area (Å²) in [6.07, 6.45) is 5.58. The maximum absolute atomic E-state index is 12.8. The van der Waals surface area contributed by atoms with Gasteiger partial charge in [-0.3, -0.25) is 19.8 Å². The molecule has 2 aliphatic carbocycles. The summed E-state index contributed by atoms with van der Waals surface area (Å²) in [4.78, 5) is 25.5. The zero-order valence-corrected chi connectivity index (χ0v) is 17.0. The topological polar surface area (TPSA) is 75.5 Å². The Labute approximate surface area is 172 Å². The second-order valence-electron chi connectivity index (χ2n) is 7.48. The van der Waals surface area contributed by atoms with Crippen molar-refractivity contribution in [3.63, 3.8) is 0 Å². The van der Waals surface area contributed by atoms with Crippen molar-refractivity contribution < 1.29 is 9.72 Å². The number of nitro groups is 1. The molecule has 0 spiro atoms. The minimum atomic E-state index is -0.453. The van der Waals surface area contributed by atoms with E-state index < -0.39 is 4.92 Å². The molecule has 0 radical (unpaired) electrons. The van der Waals surface area contributed by atoms with Crippen molar-refractivity contribution in [2.75, 3.05) is 11.9 Å². The minimum absolute atomic E-state index is 0.0108. The zero-order valence-electron chi connectivity index (χ0n) is 15.4. The molecule has 0 saturated heterocycles. The minimum Gasteiger partial charge on any atom is -0.324 e. The number of halogens is 1. The first-order valence-electron chi connectivity index (χ1n) is 9.60. The third-order valence-electron chi connectivity index (χ3n) is 5.52. The molecule has 6 nitrogen and oxygen atoms in total. The van der Waals surface area contributed by atoms with Crippen molar-refractivity contribution in [2.45, 2.75) is 44.2 Å². The molecule has 4 rings (SSSR count). The van der Waals surface area contributed by atoms with Crippen LogP contribution in [0.5, 0.6) is 0 Å². The van der Waals surface area contributed by atoms with Crippen molar-refractivity contribution in [3.8, 4) is 0 Å². The Balaban J connectivity index is 1.49. The quantitative estimate of drug-likeness (QED) is 0.511. The van der Waals surface area contributed by atoms with Gasteiger partial charge in [0.05, 0.1) is 17.2 Å². The summed E-state index contributed by atoms with van der Waals surface area (Å²) in [6, 6.07) is 13.7. The smallest absolute Gasteiger partial charge is 0.270 e. The van der Waals surface area contributed by atoms with Gasteiger partial charge in [0.2, 0.25) is 5.91 Å². The van der Waals surface area contributed by atoms with Crippen LogP contribution in [0.2, 0.25) is 0 Å². The van der Waals surface area contributed by atoms with E-state index in [0.29, 0.717) is 22.7 Å². The Morgan fingerprint density at radius 1 is 1.21 bits per heavy atom. The molecule has 146 valence electrons. The Morgan fingerprint density at radius 2 is 2.00 bits per heavy atom. The van der Waals surface area contributed by atoms with Gasteiger partial charge < -0.3 is 5.32 Å². The van der Waals surface area contributed by atoms with E-state index in [1.165, 1.54) is 23.3 Å². The van der Waals surface area contributed by atoms with Crippen LogP contribution in [0.25, 0.3) is 0 Å². The molecule has 2 aliphatic rings. The van der Waals surface area contributed by atoms with E-state index in [4.69, 9.17) is 0 Å². The first-order chi connectivity index (χ1) is 13.5. The zero-order chi connectivity index (χ0) is 19.7. The average molecular weight is 444 g/mol. The van der Waals surface area contributed by atoms with Crippen molar-refractivity contribution in [3.05, 3.63) is 68.2 Å². The fraction of sp³-hybridized carbons (Fsp3) is 0.381. The fourth-order valence-corrected chi connectivity index (χ4v) is 4.51. The van der Waals surface area contributed by atoms with Gasteiger partial charge in [-0.25, -0.2) is 0 Å². The number of nitrogens with one attached hydrogen (secondary N) is 1. The predicted molar refractivity (Wildman–Crippen MR) is 111 cm³/mol. The summed E-state index contributed by atoms with van der Waals surface area (Å²) in [5, 5.41) is 13.8. The molecule has 1 N–H and O–H groups in total. The highest BCUT2D eigenvalue weighted by atomic mass is 79.9. The summed E-state index contributed by atoms with van der Waals surface area (Å²) in [5.74, 6) is -0.0930. The molecule has 1 amide bonds. The van der Waals surface area contributed by atoms with E-state index in [0.717, 1.165) is 32.1 Å². The highest BCUT2D eigenvalue weighted by molar-refractivity contribution is 9.10. The maximum Gasteiger partial charge on any atom is 0.270 e. The fourth-order valence-electron chi connectivity index (χ4n) is 4.05. The molecule has 2 aromatic rings. The molecule has 7 heteroatoms. The molecule has 0 aromatic heterocycles. The number of hydrogen-bond acceptors (Lipinski definition) is 4. The van der Waals surface area contributed by atoms with E-state index in [1.54, 1.807) is 6.07 Å². The predicted octanol–water partition coefficient (Wildman–Crippen LogP) is 4.84. The van der Waals surface area contributed by atoms with Gasteiger partial charge in [-0.1, -0.05) is 24.3 Å². The first-order valence-corrected chi connectivity index (χ1v) is 10.4. The maximum atomic E-state index is 12.8. The van der Waals surface area contributed by atoms with Gasteiger partial charge in [-0.2, -0.15) is 0 Å². The van der Waals surface area contributed by atoms with E-state index in [9.17, 15) is 14.9 Å². The number of benzene rings is 2. The molecule has 28 heavy (non-hydrogen) atoms. The third kappa shape index (κ3) is 4.10. The lowest BCUT2D eigenvalue weighted by molar-refractivity contribution is -0.384. The van der Waals surface area contributed by atoms with Crippen LogP contribution in [0.15, 0.2) is 46.9 Å². The Kier molecular flexibility index (Phi) is 5.46. The van der Waals surface area contributed by atoms with E-state index in [2.05, 4.69) is 50.4 Å². The number of nitro benzene ring substituents is 1. The van der Waals surface area contributed by atoms with Gasteiger partial charge in [0.15, 0.2) is 0 Å². The number of anilines is 1. The summed E-state index contributed by atoms with van der Waals surface area (Å²) in [7, 11) is 0. The van der Waals surface area contributed by atoms with E-state index >= 15 is 0 Å². The molecule has 1 unspecified atom stereocenters. The van der Waals surface area contributed by atoms with E-state index in [1.807, 2.05) is 0 Å². The van der Waals surface area contributed by atoms with Crippen LogP contribution in [-0.4, -0.2) is 28.3 Å². The molecule has 0 heterocycles. The van der Waals surface area contributed by atoms with Crippen LogP contribution in [0, 0.1) is 10.1 Å². The Morgan fingerprint density at radius 3 is 2.71 bits per heavy atom. The van der Waals surface area contributed by atoms with Gasteiger partial charge >= 0.3 is 0 Å². The largest absolute Gasteiger partial charge is 0.324 e. The molecule has 1 atom stereocenters. The van der Waals surface area contributed by atoms with Crippen LogP contribution in [0.4, 0.5) is 11.4 Å². The number of nitrogens with zero attached hydrogens (tertiary/aromatic N) is 2. The molecule has 1 saturated carbocycles. The lowest BCUT2D eigenvalue weighted by Crippen LogP contribution is -2.39. The average Bonchev–Trinajstić information content (AvgIpc) is 3.52. The SMILES string of the molecule is O=C(CN(C1CC1)C1CCCc2ccccc21)Nc1ccc([N+](=O)[O-])cc1Br. The summed E-state index contributed by atoms with van der Waals surface area (Å²) >= 11 is 3.32. The standard InChI is InChI=1S/C21H22BrN3O3/c22-18-12-16(25(27)28)10-11-19(18)23-21(26)13-24(15-8-9-15)20-7-3-5-14-4-1-2-6-17(14)20/h1-2,4,6,10-12,15,20H,3,5,7-9,13H2,(H,23,26). The molecule has 2 aromatic carbocycles. The van der Waals surface area contributed by atoms with Gasteiger partial charge in [0.25, 0.3) is 5.69 Å². The van der Waals surface area contributed by atoms with Gasteiger partial charge in [-0.05, 0) is 65.2 Å². The number of carbonyl (C=O) groups is 1. The van der Waals surface area contributed by atoms with Crippen molar-refractivity contribution in [2.24, 2.45) is 0 Å². The van der Waals surface area contributed by atoms with Gasteiger partial charge in [0, 0.05) is 28.7 Å². The Hall–Kier alpha value is -2.25. The van der Waals surface area contributed by atoms with Crippen molar-refractivity contribution >= 4 is 33.2 Å². The first kappa shape index (κ1) is 19.1. The van der Waals surface area contributed by atoms with E-state index in [-0.39, 0.29) is 17.6 Å². The number of rotatable bonds is 6. The highest BCUT2D eigenvalue weighted by Crippen LogP contribution is 2.40.